The molecule has 1 amide bonds. The van der Waals surface area contributed by atoms with Crippen LogP contribution in [-0.4, -0.2) is 51.1 Å². The maximum atomic E-state index is 13.4. The number of aliphatic hydroxyl groups is 1. The van der Waals surface area contributed by atoms with Crippen LogP contribution in [0, 0.1) is 20.8 Å². The largest absolute Gasteiger partial charge is 0.509 e. The van der Waals surface area contributed by atoms with E-state index >= 15 is 0 Å². The normalized spacial score (nSPS) is 23.4. The van der Waals surface area contributed by atoms with Gasteiger partial charge >= 0.3 is 0 Å². The summed E-state index contributed by atoms with van der Waals surface area (Å²) >= 11 is 0. The quantitative estimate of drug-likeness (QED) is 0.850. The molecule has 0 unspecified atom stereocenters. The first-order valence-corrected chi connectivity index (χ1v) is 9.80. The summed E-state index contributed by atoms with van der Waals surface area (Å²) in [6.07, 6.45) is 3.90. The van der Waals surface area contributed by atoms with Crippen molar-refractivity contribution < 1.29 is 19.9 Å². The molecule has 1 aromatic rings. The zero-order chi connectivity index (χ0) is 19.3. The Bertz CT molecular complexity index is 781. The molecule has 0 bridgehead atoms. The zero-order valence-electron chi connectivity index (χ0n) is 16.3. The maximum absolute atomic E-state index is 13.4. The van der Waals surface area contributed by atoms with Gasteiger partial charge in [-0.15, -0.1) is 0 Å². The van der Waals surface area contributed by atoms with Gasteiger partial charge in [0, 0.05) is 13.1 Å². The van der Waals surface area contributed by atoms with E-state index in [1.54, 1.807) is 0 Å². The van der Waals surface area contributed by atoms with Gasteiger partial charge in [-0.1, -0.05) is 17.7 Å². The molecule has 1 spiro atoms. The van der Waals surface area contributed by atoms with Crippen LogP contribution >= 0.6 is 0 Å². The van der Waals surface area contributed by atoms with E-state index in [2.05, 4.69) is 0 Å². The van der Waals surface area contributed by atoms with Crippen molar-refractivity contribution in [1.29, 1.82) is 0 Å². The average Bonchev–Trinajstić information content (AvgIpc) is 2.75. The fraction of sp³-hybridized carbons (Fsp3) is 0.571. The van der Waals surface area contributed by atoms with Crippen molar-refractivity contribution in [2.75, 3.05) is 13.1 Å². The first-order valence-electron chi connectivity index (χ1n) is 9.80. The summed E-state index contributed by atoms with van der Waals surface area (Å²) in [6.45, 7) is 6.75. The van der Waals surface area contributed by atoms with Gasteiger partial charge in [-0.3, -0.25) is 9.63 Å². The van der Waals surface area contributed by atoms with Crippen molar-refractivity contribution in [3.8, 4) is 0 Å². The second-order valence-corrected chi connectivity index (χ2v) is 8.24. The van der Waals surface area contributed by atoms with E-state index in [-0.39, 0.29) is 17.8 Å². The summed E-state index contributed by atoms with van der Waals surface area (Å²) in [5.41, 5.74) is 3.35. The van der Waals surface area contributed by atoms with Gasteiger partial charge < -0.3 is 10.3 Å². The molecular weight excluding hydrogens is 344 g/mol. The molecule has 0 atom stereocenters. The Balaban J connectivity index is 1.81. The van der Waals surface area contributed by atoms with Gasteiger partial charge in [0.1, 0.15) is 11.3 Å². The molecule has 0 aromatic heterocycles. The summed E-state index contributed by atoms with van der Waals surface area (Å²) in [5, 5.41) is 23.8. The number of piperidine rings is 1. The Morgan fingerprint density at radius 3 is 2.22 bits per heavy atom. The van der Waals surface area contributed by atoms with Crippen LogP contribution in [0.5, 0.6) is 0 Å². The Morgan fingerprint density at radius 1 is 1.11 bits per heavy atom. The van der Waals surface area contributed by atoms with Crippen LogP contribution in [0.3, 0.4) is 0 Å². The van der Waals surface area contributed by atoms with E-state index in [0.29, 0.717) is 31.5 Å². The van der Waals surface area contributed by atoms with Gasteiger partial charge in [-0.05, 0) is 69.6 Å². The Morgan fingerprint density at radius 2 is 1.70 bits per heavy atom. The average molecular weight is 372 g/mol. The standard InChI is InChI=1S/C21H28N2O4/c1-13-11-14(2)17(15(3)12-13)18-19(24)21(7-9-22(26)10-8-21)23(20(18)25)27-16-5-4-6-16/h11-12,16,24,26H,4-10H2,1-3H3. The number of carbonyl (C=O) groups is 1. The molecule has 3 aliphatic rings. The van der Waals surface area contributed by atoms with E-state index in [4.69, 9.17) is 4.84 Å². The van der Waals surface area contributed by atoms with Crippen molar-refractivity contribution in [1.82, 2.24) is 10.1 Å². The molecule has 27 heavy (non-hydrogen) atoms. The van der Waals surface area contributed by atoms with Crippen LogP contribution in [0.2, 0.25) is 0 Å². The molecule has 6 nitrogen and oxygen atoms in total. The lowest BCUT2D eigenvalue weighted by Crippen LogP contribution is -2.56. The molecule has 1 aromatic carbocycles. The third kappa shape index (κ3) is 2.87. The van der Waals surface area contributed by atoms with Crippen molar-refractivity contribution in [2.45, 2.75) is 64.5 Å². The first kappa shape index (κ1) is 18.5. The van der Waals surface area contributed by atoms with E-state index in [9.17, 15) is 15.1 Å². The highest BCUT2D eigenvalue weighted by atomic mass is 16.7. The van der Waals surface area contributed by atoms with Crippen LogP contribution < -0.4 is 0 Å². The van der Waals surface area contributed by atoms with Crippen LogP contribution in [0.25, 0.3) is 5.57 Å². The second kappa shape index (κ2) is 6.62. The predicted octanol–water partition coefficient (Wildman–Crippen LogP) is 3.43. The van der Waals surface area contributed by atoms with E-state index < -0.39 is 5.54 Å². The molecule has 2 N–H and O–H groups in total. The van der Waals surface area contributed by atoms with Crippen LogP contribution in [-0.2, 0) is 9.63 Å². The van der Waals surface area contributed by atoms with Gasteiger partial charge in [-0.25, -0.2) is 5.06 Å². The fourth-order valence-corrected chi connectivity index (χ4v) is 4.60. The zero-order valence-corrected chi connectivity index (χ0v) is 16.3. The highest BCUT2D eigenvalue weighted by Gasteiger charge is 2.56. The minimum absolute atomic E-state index is 0.0327. The van der Waals surface area contributed by atoms with Gasteiger partial charge in [0.2, 0.25) is 0 Å². The number of hydrogen-bond acceptors (Lipinski definition) is 5. The molecule has 6 heteroatoms. The number of benzene rings is 1. The minimum Gasteiger partial charge on any atom is -0.509 e. The minimum atomic E-state index is -0.884. The fourth-order valence-electron chi connectivity index (χ4n) is 4.60. The lowest BCUT2D eigenvalue weighted by atomic mass is 9.85. The summed E-state index contributed by atoms with van der Waals surface area (Å²) < 4.78 is 0. The lowest BCUT2D eigenvalue weighted by molar-refractivity contribution is -0.258. The van der Waals surface area contributed by atoms with Crippen molar-refractivity contribution in [3.63, 3.8) is 0 Å². The Kier molecular flexibility index (Phi) is 4.53. The Labute approximate surface area is 159 Å². The summed E-state index contributed by atoms with van der Waals surface area (Å²) in [5.74, 6) is -0.171. The molecule has 2 heterocycles. The third-order valence-electron chi connectivity index (χ3n) is 6.27. The van der Waals surface area contributed by atoms with Crippen LogP contribution in [0.15, 0.2) is 17.9 Å². The number of hydrogen-bond donors (Lipinski definition) is 2. The summed E-state index contributed by atoms with van der Waals surface area (Å²) in [7, 11) is 0. The lowest BCUT2D eigenvalue weighted by Gasteiger charge is -2.44. The summed E-state index contributed by atoms with van der Waals surface area (Å²) in [6, 6.07) is 4.07. The van der Waals surface area contributed by atoms with Gasteiger partial charge in [-0.2, -0.15) is 5.06 Å². The van der Waals surface area contributed by atoms with E-state index in [1.807, 2.05) is 32.9 Å². The van der Waals surface area contributed by atoms with E-state index in [0.717, 1.165) is 41.5 Å². The van der Waals surface area contributed by atoms with Crippen molar-refractivity contribution >= 4 is 11.5 Å². The number of carbonyl (C=O) groups excluding carboxylic acids is 1. The second-order valence-electron chi connectivity index (χ2n) is 8.24. The monoisotopic (exact) mass is 372 g/mol. The van der Waals surface area contributed by atoms with Crippen molar-refractivity contribution in [2.24, 2.45) is 0 Å². The number of rotatable bonds is 3. The van der Waals surface area contributed by atoms with Crippen LogP contribution in [0.4, 0.5) is 0 Å². The van der Waals surface area contributed by atoms with Gasteiger partial charge in [0.05, 0.1) is 11.7 Å². The molecule has 1 aliphatic carbocycles. The number of nitrogens with zero attached hydrogens (tertiary/aromatic N) is 2. The number of amides is 1. The molecule has 4 rings (SSSR count). The SMILES string of the molecule is Cc1cc(C)c(C2=C(O)C3(CCN(O)CC3)N(OC3CCC3)C2=O)c(C)c1. The number of aliphatic hydroxyl groups excluding tert-OH is 1. The maximum Gasteiger partial charge on any atom is 0.282 e. The van der Waals surface area contributed by atoms with Crippen LogP contribution in [0.1, 0.15) is 54.4 Å². The highest BCUT2D eigenvalue weighted by Crippen LogP contribution is 2.47. The molecule has 2 fully saturated rings. The van der Waals surface area contributed by atoms with Gasteiger partial charge in [0.25, 0.3) is 5.91 Å². The molecule has 0 radical (unpaired) electrons. The summed E-state index contributed by atoms with van der Waals surface area (Å²) in [4.78, 5) is 19.5. The predicted molar refractivity (Wildman–Crippen MR) is 101 cm³/mol. The molecule has 1 saturated carbocycles. The van der Waals surface area contributed by atoms with Gasteiger partial charge in [0.15, 0.2) is 0 Å². The number of aryl methyl sites for hydroxylation is 3. The molecule has 1 saturated heterocycles. The first-order chi connectivity index (χ1) is 12.8. The number of hydroxylamine groups is 4. The molecule has 146 valence electrons. The van der Waals surface area contributed by atoms with E-state index in [1.165, 1.54) is 10.1 Å². The van der Waals surface area contributed by atoms with Crippen molar-refractivity contribution in [3.05, 3.63) is 40.1 Å². The molecule has 2 aliphatic heterocycles. The molecular formula is C21H28N2O4. The smallest absolute Gasteiger partial charge is 0.282 e. The topological polar surface area (TPSA) is 73.2 Å². The highest BCUT2D eigenvalue weighted by molar-refractivity contribution is 6.23. The Hall–Kier alpha value is -1.89. The third-order valence-corrected chi connectivity index (χ3v) is 6.27.